The average molecular weight is 320 g/mol. The zero-order valence-corrected chi connectivity index (χ0v) is 13.2. The summed E-state index contributed by atoms with van der Waals surface area (Å²) in [6.07, 6.45) is 3.26. The molecule has 0 unspecified atom stereocenters. The molecule has 24 heavy (non-hydrogen) atoms. The molecule has 5 nitrogen and oxygen atoms in total. The molecule has 3 aromatic rings. The number of aromatic nitrogens is 1. The number of amides is 1. The van der Waals surface area contributed by atoms with Crippen LogP contribution in [-0.4, -0.2) is 10.9 Å². The molecule has 0 fully saturated rings. The first-order valence-electron chi connectivity index (χ1n) is 7.52. The number of benzene rings is 1. The number of carbonyl (C=O) groups is 1. The van der Waals surface area contributed by atoms with Crippen LogP contribution in [0.3, 0.4) is 0 Å². The highest BCUT2D eigenvalue weighted by Crippen LogP contribution is 2.20. The number of hydrogen-bond acceptors (Lipinski definition) is 4. The number of nitrogens with zero attached hydrogens (tertiary/aromatic N) is 2. The summed E-state index contributed by atoms with van der Waals surface area (Å²) in [7, 11) is 0. The SMILES string of the molecule is CC(=O)N(Cc1ccccc1)c1ccc(-c2cccnc2)oc1=O. The summed E-state index contributed by atoms with van der Waals surface area (Å²) in [5.74, 6) is 0.195. The fourth-order valence-electron chi connectivity index (χ4n) is 2.40. The highest BCUT2D eigenvalue weighted by Gasteiger charge is 2.17. The fourth-order valence-corrected chi connectivity index (χ4v) is 2.40. The van der Waals surface area contributed by atoms with Gasteiger partial charge >= 0.3 is 5.63 Å². The van der Waals surface area contributed by atoms with E-state index in [2.05, 4.69) is 4.98 Å². The first-order chi connectivity index (χ1) is 11.6. The van der Waals surface area contributed by atoms with E-state index >= 15 is 0 Å². The average Bonchev–Trinajstić information content (AvgIpc) is 2.61. The molecule has 2 heterocycles. The van der Waals surface area contributed by atoms with Gasteiger partial charge in [0.15, 0.2) is 0 Å². The van der Waals surface area contributed by atoms with Crippen LogP contribution in [-0.2, 0) is 11.3 Å². The predicted octanol–water partition coefficient (Wildman–Crippen LogP) is 3.25. The van der Waals surface area contributed by atoms with Gasteiger partial charge in [0, 0.05) is 24.9 Å². The Kier molecular flexibility index (Phi) is 4.52. The lowest BCUT2D eigenvalue weighted by molar-refractivity contribution is -0.116. The number of pyridine rings is 1. The smallest absolute Gasteiger partial charge is 0.360 e. The molecule has 0 bridgehead atoms. The number of rotatable bonds is 4. The molecule has 0 saturated heterocycles. The molecule has 0 atom stereocenters. The van der Waals surface area contributed by atoms with Crippen molar-refractivity contribution in [2.45, 2.75) is 13.5 Å². The molecule has 5 heteroatoms. The molecule has 2 aromatic heterocycles. The monoisotopic (exact) mass is 320 g/mol. The van der Waals surface area contributed by atoms with E-state index in [1.54, 1.807) is 36.7 Å². The first-order valence-corrected chi connectivity index (χ1v) is 7.52. The maximum absolute atomic E-state index is 12.4. The fraction of sp³-hybridized carbons (Fsp3) is 0.105. The Hall–Kier alpha value is -3.21. The molecule has 120 valence electrons. The Morgan fingerprint density at radius 1 is 1.08 bits per heavy atom. The van der Waals surface area contributed by atoms with Crippen molar-refractivity contribution in [1.29, 1.82) is 0 Å². The molecule has 1 amide bonds. The largest absolute Gasteiger partial charge is 0.421 e. The van der Waals surface area contributed by atoms with Crippen LogP contribution in [0.4, 0.5) is 5.69 Å². The van der Waals surface area contributed by atoms with E-state index < -0.39 is 5.63 Å². The number of carbonyl (C=O) groups excluding carboxylic acids is 1. The van der Waals surface area contributed by atoms with Crippen LogP contribution in [0, 0.1) is 0 Å². The van der Waals surface area contributed by atoms with Gasteiger partial charge in [0.2, 0.25) is 5.91 Å². The zero-order valence-electron chi connectivity index (χ0n) is 13.2. The molecule has 0 spiro atoms. The lowest BCUT2D eigenvalue weighted by Crippen LogP contribution is -2.31. The lowest BCUT2D eigenvalue weighted by atomic mass is 10.2. The molecule has 0 aliphatic rings. The van der Waals surface area contributed by atoms with Crippen LogP contribution in [0.2, 0.25) is 0 Å². The van der Waals surface area contributed by atoms with E-state index in [1.165, 1.54) is 11.8 Å². The summed E-state index contributed by atoms with van der Waals surface area (Å²) in [6.45, 7) is 1.74. The van der Waals surface area contributed by atoms with Crippen LogP contribution in [0.5, 0.6) is 0 Å². The van der Waals surface area contributed by atoms with Gasteiger partial charge in [-0.2, -0.15) is 0 Å². The Morgan fingerprint density at radius 2 is 1.88 bits per heavy atom. The van der Waals surface area contributed by atoms with E-state index in [-0.39, 0.29) is 11.6 Å². The van der Waals surface area contributed by atoms with Gasteiger partial charge in [0.05, 0.1) is 6.54 Å². The summed E-state index contributed by atoms with van der Waals surface area (Å²) in [5.41, 5.74) is 1.31. The van der Waals surface area contributed by atoms with Gasteiger partial charge < -0.3 is 9.32 Å². The third-order valence-electron chi connectivity index (χ3n) is 3.60. The molecular formula is C19H16N2O3. The summed E-state index contributed by atoms with van der Waals surface area (Å²) in [5, 5.41) is 0. The Labute approximate surface area is 139 Å². The summed E-state index contributed by atoms with van der Waals surface area (Å²) < 4.78 is 5.37. The second-order valence-electron chi connectivity index (χ2n) is 5.30. The summed E-state index contributed by atoms with van der Waals surface area (Å²) in [4.78, 5) is 29.8. The highest BCUT2D eigenvalue weighted by atomic mass is 16.4. The van der Waals surface area contributed by atoms with Gasteiger partial charge in [-0.25, -0.2) is 4.79 Å². The van der Waals surface area contributed by atoms with E-state index in [9.17, 15) is 9.59 Å². The van der Waals surface area contributed by atoms with Crippen molar-refractivity contribution in [2.24, 2.45) is 0 Å². The van der Waals surface area contributed by atoms with Crippen molar-refractivity contribution in [1.82, 2.24) is 4.98 Å². The minimum Gasteiger partial charge on any atom is -0.421 e. The van der Waals surface area contributed by atoms with Crippen molar-refractivity contribution in [3.05, 3.63) is 83.0 Å². The van der Waals surface area contributed by atoms with E-state index in [1.807, 2.05) is 30.3 Å². The van der Waals surface area contributed by atoms with Crippen molar-refractivity contribution >= 4 is 11.6 Å². The van der Waals surface area contributed by atoms with Gasteiger partial charge in [-0.1, -0.05) is 30.3 Å². The molecule has 0 saturated carbocycles. The first kappa shape index (κ1) is 15.7. The number of hydrogen-bond donors (Lipinski definition) is 0. The molecule has 0 N–H and O–H groups in total. The molecule has 0 aliphatic carbocycles. The zero-order chi connectivity index (χ0) is 16.9. The second-order valence-corrected chi connectivity index (χ2v) is 5.30. The van der Waals surface area contributed by atoms with E-state index in [0.29, 0.717) is 17.9 Å². The lowest BCUT2D eigenvalue weighted by Gasteiger charge is -2.20. The van der Waals surface area contributed by atoms with Crippen LogP contribution in [0.15, 0.2) is 76.2 Å². The standard InChI is InChI=1S/C19H16N2O3/c1-14(22)21(13-15-6-3-2-4-7-15)17-9-10-18(24-19(17)23)16-8-5-11-20-12-16/h2-12H,13H2,1H3. The van der Waals surface area contributed by atoms with Crippen molar-refractivity contribution in [2.75, 3.05) is 4.90 Å². The maximum Gasteiger partial charge on any atom is 0.360 e. The van der Waals surface area contributed by atoms with Gasteiger partial charge in [-0.15, -0.1) is 0 Å². The van der Waals surface area contributed by atoms with E-state index in [0.717, 1.165) is 5.56 Å². The van der Waals surface area contributed by atoms with Gasteiger partial charge in [0.1, 0.15) is 11.4 Å². The van der Waals surface area contributed by atoms with Crippen molar-refractivity contribution < 1.29 is 9.21 Å². The molecule has 0 radical (unpaired) electrons. The minimum atomic E-state index is -0.553. The second kappa shape index (κ2) is 6.91. The highest BCUT2D eigenvalue weighted by molar-refractivity contribution is 5.91. The van der Waals surface area contributed by atoms with Crippen LogP contribution in [0.1, 0.15) is 12.5 Å². The Bertz CT molecular complexity index is 889. The minimum absolute atomic E-state index is 0.221. The van der Waals surface area contributed by atoms with Crippen molar-refractivity contribution in [3.63, 3.8) is 0 Å². The molecule has 3 rings (SSSR count). The predicted molar refractivity (Wildman–Crippen MR) is 91.5 cm³/mol. The van der Waals surface area contributed by atoms with Crippen molar-refractivity contribution in [3.8, 4) is 11.3 Å². The summed E-state index contributed by atoms with van der Waals surface area (Å²) >= 11 is 0. The van der Waals surface area contributed by atoms with E-state index in [4.69, 9.17) is 4.42 Å². The van der Waals surface area contributed by atoms with Crippen LogP contribution < -0.4 is 10.5 Å². The third kappa shape index (κ3) is 3.41. The number of anilines is 1. The molecule has 0 aliphatic heterocycles. The third-order valence-corrected chi connectivity index (χ3v) is 3.60. The molecular weight excluding hydrogens is 304 g/mol. The van der Waals surface area contributed by atoms with Crippen LogP contribution in [0.25, 0.3) is 11.3 Å². The van der Waals surface area contributed by atoms with Gasteiger partial charge in [0.25, 0.3) is 0 Å². The van der Waals surface area contributed by atoms with Crippen LogP contribution >= 0.6 is 0 Å². The maximum atomic E-state index is 12.4. The summed E-state index contributed by atoms with van der Waals surface area (Å²) in [6, 6.07) is 16.3. The normalized spacial score (nSPS) is 10.4. The Morgan fingerprint density at radius 3 is 2.50 bits per heavy atom. The quantitative estimate of drug-likeness (QED) is 0.740. The van der Waals surface area contributed by atoms with Gasteiger partial charge in [-0.3, -0.25) is 9.78 Å². The Balaban J connectivity index is 1.94. The molecule has 1 aromatic carbocycles. The topological polar surface area (TPSA) is 63.4 Å². The van der Waals surface area contributed by atoms with Gasteiger partial charge in [-0.05, 0) is 29.8 Å².